The number of hydrogen-bond acceptors (Lipinski definition) is 3. The van der Waals surface area contributed by atoms with E-state index in [1.807, 2.05) is 99.6 Å². The molecule has 0 aliphatic carbocycles. The fourth-order valence-electron chi connectivity index (χ4n) is 3.64. The molecule has 2 amide bonds. The average Bonchev–Trinajstić information content (AvgIpc) is 2.87. The maximum atomic E-state index is 13.6. The van der Waals surface area contributed by atoms with E-state index in [4.69, 9.17) is 4.74 Å². The normalized spacial score (nSPS) is 12.5. The van der Waals surface area contributed by atoms with Gasteiger partial charge in [-0.05, 0) is 78.3 Å². The van der Waals surface area contributed by atoms with E-state index in [1.165, 1.54) is 0 Å². The van der Waals surface area contributed by atoms with Crippen molar-refractivity contribution in [3.63, 3.8) is 0 Å². The van der Waals surface area contributed by atoms with Gasteiger partial charge >= 0.3 is 0 Å². The molecular formula is C29H33IN2O3. The molecule has 6 heteroatoms. The number of hydrogen-bond donors (Lipinski definition) is 1. The molecule has 3 rings (SSSR count). The summed E-state index contributed by atoms with van der Waals surface area (Å²) < 4.78 is 6.91. The molecule has 0 heterocycles. The van der Waals surface area contributed by atoms with E-state index < -0.39 is 6.04 Å². The van der Waals surface area contributed by atoms with Crippen LogP contribution in [0, 0.1) is 10.5 Å². The van der Waals surface area contributed by atoms with Gasteiger partial charge in [0.15, 0.2) is 6.61 Å². The zero-order valence-corrected chi connectivity index (χ0v) is 22.7. The molecule has 5 nitrogen and oxygen atoms in total. The third kappa shape index (κ3) is 8.38. The Morgan fingerprint density at radius 2 is 1.60 bits per heavy atom. The first-order valence-corrected chi connectivity index (χ1v) is 13.0. The highest BCUT2D eigenvalue weighted by molar-refractivity contribution is 14.1. The molecule has 0 radical (unpaired) electrons. The highest BCUT2D eigenvalue weighted by Gasteiger charge is 2.31. The highest BCUT2D eigenvalue weighted by atomic mass is 127. The minimum atomic E-state index is -0.666. The highest BCUT2D eigenvalue weighted by Crippen LogP contribution is 2.18. The van der Waals surface area contributed by atoms with Gasteiger partial charge in [-0.15, -0.1) is 0 Å². The van der Waals surface area contributed by atoms with E-state index >= 15 is 0 Å². The molecule has 3 aromatic carbocycles. The second-order valence-corrected chi connectivity index (χ2v) is 10.0. The number of carbonyl (C=O) groups excluding carboxylic acids is 2. The Hall–Kier alpha value is -2.87. The van der Waals surface area contributed by atoms with Crippen LogP contribution in [0.4, 0.5) is 0 Å². The summed E-state index contributed by atoms with van der Waals surface area (Å²) in [6.45, 7) is 6.21. The Bertz CT molecular complexity index is 1090. The lowest BCUT2D eigenvalue weighted by Crippen LogP contribution is -2.53. The molecule has 35 heavy (non-hydrogen) atoms. The van der Waals surface area contributed by atoms with Crippen molar-refractivity contribution in [1.82, 2.24) is 10.2 Å². The quantitative estimate of drug-likeness (QED) is 0.302. The molecule has 0 saturated carbocycles. The van der Waals surface area contributed by atoms with Crippen molar-refractivity contribution in [2.75, 3.05) is 6.61 Å². The van der Waals surface area contributed by atoms with E-state index in [-0.39, 0.29) is 24.5 Å². The Morgan fingerprint density at radius 1 is 0.943 bits per heavy atom. The van der Waals surface area contributed by atoms with Crippen molar-refractivity contribution >= 4 is 34.4 Å². The van der Waals surface area contributed by atoms with E-state index in [9.17, 15) is 9.59 Å². The number of carbonyl (C=O) groups is 2. The molecule has 3 aromatic rings. The summed E-state index contributed by atoms with van der Waals surface area (Å²) in [5.74, 6) is 0.236. The predicted octanol–water partition coefficient (Wildman–Crippen LogP) is 5.53. The molecule has 0 unspecified atom stereocenters. The minimum Gasteiger partial charge on any atom is -0.484 e. The van der Waals surface area contributed by atoms with Crippen LogP contribution >= 0.6 is 22.6 Å². The monoisotopic (exact) mass is 584 g/mol. The number of rotatable bonds is 11. The van der Waals surface area contributed by atoms with Crippen LogP contribution in [0.2, 0.25) is 0 Å². The zero-order chi connectivity index (χ0) is 25.2. The number of ether oxygens (including phenoxy) is 1. The molecule has 0 aromatic heterocycles. The minimum absolute atomic E-state index is 0.0140. The van der Waals surface area contributed by atoms with Gasteiger partial charge in [0.2, 0.25) is 5.91 Å². The summed E-state index contributed by atoms with van der Waals surface area (Å²) in [6, 6.07) is 24.8. The van der Waals surface area contributed by atoms with E-state index in [0.717, 1.165) is 26.7 Å². The lowest BCUT2D eigenvalue weighted by atomic mass is 10.0. The second-order valence-electron chi connectivity index (χ2n) is 8.77. The van der Waals surface area contributed by atoms with Crippen LogP contribution in [0.3, 0.4) is 0 Å². The van der Waals surface area contributed by atoms with Crippen LogP contribution in [-0.4, -0.2) is 35.4 Å². The smallest absolute Gasteiger partial charge is 0.261 e. The maximum absolute atomic E-state index is 13.6. The first-order valence-electron chi connectivity index (χ1n) is 11.9. The molecule has 1 N–H and O–H groups in total. The van der Waals surface area contributed by atoms with E-state index in [1.54, 1.807) is 4.90 Å². The molecule has 0 bridgehead atoms. The predicted molar refractivity (Wildman–Crippen MR) is 148 cm³/mol. The average molecular weight is 584 g/mol. The van der Waals surface area contributed by atoms with Gasteiger partial charge in [0, 0.05) is 22.6 Å². The fourth-order valence-corrected chi connectivity index (χ4v) is 4.00. The van der Waals surface area contributed by atoms with Gasteiger partial charge < -0.3 is 15.0 Å². The molecular weight excluding hydrogens is 551 g/mol. The SMILES string of the molecule is CC[C@H](C)NC(=O)[C@@H](Cc1ccccc1)N(Cc1ccc(C)cc1)C(=O)COc1ccc(I)cc1. The second kappa shape index (κ2) is 13.3. The van der Waals surface area contributed by atoms with Crippen molar-refractivity contribution in [3.8, 4) is 5.75 Å². The third-order valence-corrected chi connectivity index (χ3v) is 6.64. The van der Waals surface area contributed by atoms with Gasteiger partial charge in [0.05, 0.1) is 0 Å². The molecule has 0 fully saturated rings. The Morgan fingerprint density at radius 3 is 2.23 bits per heavy atom. The first-order chi connectivity index (χ1) is 16.9. The third-order valence-electron chi connectivity index (χ3n) is 5.92. The summed E-state index contributed by atoms with van der Waals surface area (Å²) in [5, 5.41) is 3.09. The standard InChI is InChI=1S/C29H33IN2O3/c1-4-22(3)31-29(34)27(18-23-8-6-5-7-9-23)32(19-24-12-10-21(2)11-13-24)28(33)20-35-26-16-14-25(30)15-17-26/h5-17,22,27H,4,18-20H2,1-3H3,(H,31,34)/t22-,27+/m0/s1. The number of halogens is 1. The summed E-state index contributed by atoms with van der Waals surface area (Å²) in [7, 11) is 0. The number of nitrogens with one attached hydrogen (secondary N) is 1. The van der Waals surface area contributed by atoms with Crippen LogP contribution in [0.5, 0.6) is 5.75 Å². The summed E-state index contributed by atoms with van der Waals surface area (Å²) in [5.41, 5.74) is 3.11. The number of aryl methyl sites for hydroxylation is 1. The topological polar surface area (TPSA) is 58.6 Å². The largest absolute Gasteiger partial charge is 0.484 e. The van der Waals surface area contributed by atoms with Crippen LogP contribution < -0.4 is 10.1 Å². The van der Waals surface area contributed by atoms with Crippen LogP contribution in [0.15, 0.2) is 78.9 Å². The summed E-state index contributed by atoms with van der Waals surface area (Å²) in [6.07, 6.45) is 1.23. The molecule has 0 aliphatic heterocycles. The zero-order valence-electron chi connectivity index (χ0n) is 20.5. The van der Waals surface area contributed by atoms with E-state index in [0.29, 0.717) is 18.7 Å². The van der Waals surface area contributed by atoms with Gasteiger partial charge in [-0.3, -0.25) is 9.59 Å². The molecule has 2 atom stereocenters. The van der Waals surface area contributed by atoms with Crippen molar-refractivity contribution in [3.05, 3.63) is 99.1 Å². The van der Waals surface area contributed by atoms with E-state index in [2.05, 4.69) is 27.9 Å². The number of nitrogens with zero attached hydrogens (tertiary/aromatic N) is 1. The van der Waals surface area contributed by atoms with Crippen LogP contribution in [-0.2, 0) is 22.6 Å². The number of benzene rings is 3. The Balaban J connectivity index is 1.89. The van der Waals surface area contributed by atoms with Gasteiger partial charge in [-0.25, -0.2) is 0 Å². The number of amides is 2. The molecule has 0 spiro atoms. The van der Waals surface area contributed by atoms with Crippen LogP contribution in [0.1, 0.15) is 37.0 Å². The summed E-state index contributed by atoms with van der Waals surface area (Å²) >= 11 is 2.23. The summed E-state index contributed by atoms with van der Waals surface area (Å²) in [4.78, 5) is 28.7. The Kier molecular flexibility index (Phi) is 10.1. The van der Waals surface area contributed by atoms with Gasteiger partial charge in [-0.2, -0.15) is 0 Å². The lowest BCUT2D eigenvalue weighted by molar-refractivity contribution is -0.143. The molecule has 0 aliphatic rings. The maximum Gasteiger partial charge on any atom is 0.261 e. The van der Waals surface area contributed by atoms with Crippen molar-refractivity contribution in [2.24, 2.45) is 0 Å². The fraction of sp³-hybridized carbons (Fsp3) is 0.310. The van der Waals surface area contributed by atoms with Gasteiger partial charge in [-0.1, -0.05) is 67.1 Å². The lowest BCUT2D eigenvalue weighted by Gasteiger charge is -2.32. The van der Waals surface area contributed by atoms with Crippen molar-refractivity contribution < 1.29 is 14.3 Å². The van der Waals surface area contributed by atoms with Crippen molar-refractivity contribution in [1.29, 1.82) is 0 Å². The van der Waals surface area contributed by atoms with Gasteiger partial charge in [0.1, 0.15) is 11.8 Å². The molecule has 0 saturated heterocycles. The van der Waals surface area contributed by atoms with Crippen LogP contribution in [0.25, 0.3) is 0 Å². The van der Waals surface area contributed by atoms with Crippen molar-refractivity contribution in [2.45, 2.75) is 52.2 Å². The van der Waals surface area contributed by atoms with Gasteiger partial charge in [0.25, 0.3) is 5.91 Å². The first kappa shape index (κ1) is 26.7. The molecule has 184 valence electrons. The Labute approximate surface area is 222 Å².